The Balaban J connectivity index is 1.93. The molecule has 0 saturated heterocycles. The van der Waals surface area contributed by atoms with Crippen molar-refractivity contribution in [1.82, 2.24) is 4.57 Å². The normalized spacial score (nSPS) is 18.1. The third kappa shape index (κ3) is 3.43. The number of ether oxygens (including phenoxy) is 1. The molecule has 2 heterocycles. The lowest BCUT2D eigenvalue weighted by Gasteiger charge is -2.23. The third-order valence-corrected chi connectivity index (χ3v) is 6.41. The van der Waals surface area contributed by atoms with Gasteiger partial charge in [0.15, 0.2) is 0 Å². The van der Waals surface area contributed by atoms with Gasteiger partial charge in [-0.2, -0.15) is 0 Å². The van der Waals surface area contributed by atoms with E-state index < -0.39 is 0 Å². The maximum Gasteiger partial charge on any atom is 0.306 e. The Morgan fingerprint density at radius 3 is 2.71 bits per heavy atom. The Morgan fingerprint density at radius 2 is 1.93 bits per heavy atom. The summed E-state index contributed by atoms with van der Waals surface area (Å²) in [5.74, 6) is -0.333. The highest BCUT2D eigenvalue weighted by molar-refractivity contribution is 6.42. The fraction of sp³-hybridized carbons (Fsp3) is 0.227. The van der Waals surface area contributed by atoms with Crippen LogP contribution in [-0.2, 0) is 9.53 Å². The number of halogens is 3. The summed E-state index contributed by atoms with van der Waals surface area (Å²) in [6, 6.07) is 15.6. The molecule has 3 aromatic rings. The van der Waals surface area contributed by atoms with Gasteiger partial charge in [0.2, 0.25) is 0 Å². The first-order chi connectivity index (χ1) is 13.5. The Labute approximate surface area is 178 Å². The largest absolute Gasteiger partial charge is 0.469 e. The number of hydrogen-bond donors (Lipinski definition) is 0. The summed E-state index contributed by atoms with van der Waals surface area (Å²) in [7, 11) is 1.41. The van der Waals surface area contributed by atoms with E-state index in [0.29, 0.717) is 21.5 Å². The van der Waals surface area contributed by atoms with Gasteiger partial charge in [-0.25, -0.2) is 0 Å². The molecule has 4 rings (SSSR count). The van der Waals surface area contributed by atoms with Crippen molar-refractivity contribution in [3.63, 3.8) is 0 Å². The van der Waals surface area contributed by atoms with Gasteiger partial charge in [0.1, 0.15) is 0 Å². The minimum atomic E-state index is -0.238. The van der Waals surface area contributed by atoms with E-state index in [1.54, 1.807) is 6.07 Å². The summed E-state index contributed by atoms with van der Waals surface area (Å²) in [5.41, 5.74) is 4.08. The van der Waals surface area contributed by atoms with E-state index in [4.69, 9.17) is 39.5 Å². The highest BCUT2D eigenvalue weighted by Crippen LogP contribution is 2.46. The predicted octanol–water partition coefficient (Wildman–Crippen LogP) is 6.62. The van der Waals surface area contributed by atoms with Gasteiger partial charge in [-0.1, -0.05) is 46.9 Å². The number of carbonyl (C=O) groups is 1. The van der Waals surface area contributed by atoms with Crippen LogP contribution in [0, 0.1) is 0 Å². The molecule has 0 spiro atoms. The molecule has 2 atom stereocenters. The number of carbonyl (C=O) groups excluding carboxylic acids is 1. The van der Waals surface area contributed by atoms with E-state index in [1.165, 1.54) is 7.11 Å². The standard InChI is InChI=1S/C22H18Cl3NO2/c1-28-21(27)11-13-10-16(15-4-2-5-18(24)22(15)25)17-12-14(23)7-8-20(17)26-9-3-6-19(13)26/h2-9,12-13,16H,10-11H2,1H3/t13-,16-/m1/s1. The Bertz CT molecular complexity index is 1040. The highest BCUT2D eigenvalue weighted by Gasteiger charge is 2.32. The first kappa shape index (κ1) is 19.4. The van der Waals surface area contributed by atoms with Crippen LogP contribution in [0.4, 0.5) is 0 Å². The number of nitrogens with zero attached hydrogens (tertiary/aromatic N) is 1. The summed E-state index contributed by atoms with van der Waals surface area (Å²) in [6.45, 7) is 0. The van der Waals surface area contributed by atoms with Gasteiger partial charge in [0.25, 0.3) is 0 Å². The zero-order chi connectivity index (χ0) is 19.8. The van der Waals surface area contributed by atoms with Crippen molar-refractivity contribution < 1.29 is 9.53 Å². The summed E-state index contributed by atoms with van der Waals surface area (Å²) in [5, 5.41) is 1.70. The molecule has 1 aliphatic rings. The number of esters is 1. The second-order valence-electron chi connectivity index (χ2n) is 6.91. The van der Waals surface area contributed by atoms with E-state index in [-0.39, 0.29) is 24.2 Å². The number of aromatic nitrogens is 1. The van der Waals surface area contributed by atoms with Crippen molar-refractivity contribution in [3.8, 4) is 5.69 Å². The first-order valence-electron chi connectivity index (χ1n) is 8.97. The molecule has 6 heteroatoms. The second-order valence-corrected chi connectivity index (χ2v) is 8.14. The molecule has 0 unspecified atom stereocenters. The SMILES string of the molecule is COC(=O)C[C@H]1C[C@H](c2cccc(Cl)c2Cl)c2cc(Cl)ccc2-n2cccc21. The minimum Gasteiger partial charge on any atom is -0.469 e. The maximum atomic E-state index is 12.1. The van der Waals surface area contributed by atoms with Crippen LogP contribution in [0.2, 0.25) is 15.1 Å². The van der Waals surface area contributed by atoms with Crippen molar-refractivity contribution >= 4 is 40.8 Å². The Hall–Kier alpha value is -1.94. The van der Waals surface area contributed by atoms with Crippen molar-refractivity contribution in [3.05, 3.63) is 86.6 Å². The molecule has 3 nitrogen and oxygen atoms in total. The van der Waals surface area contributed by atoms with E-state index >= 15 is 0 Å². The van der Waals surface area contributed by atoms with Gasteiger partial charge in [0, 0.05) is 34.4 Å². The highest BCUT2D eigenvalue weighted by atomic mass is 35.5. The van der Waals surface area contributed by atoms with E-state index in [9.17, 15) is 4.79 Å². The number of methoxy groups -OCH3 is 1. The van der Waals surface area contributed by atoms with Crippen LogP contribution < -0.4 is 0 Å². The van der Waals surface area contributed by atoms with E-state index in [1.807, 2.05) is 48.7 Å². The molecule has 1 aliphatic heterocycles. The minimum absolute atomic E-state index is 0.0336. The van der Waals surface area contributed by atoms with Crippen molar-refractivity contribution in [2.45, 2.75) is 24.7 Å². The summed E-state index contributed by atoms with van der Waals surface area (Å²) < 4.78 is 7.07. The predicted molar refractivity (Wildman–Crippen MR) is 113 cm³/mol. The molecule has 0 aliphatic carbocycles. The molecule has 0 saturated carbocycles. The lowest BCUT2D eigenvalue weighted by Crippen LogP contribution is -2.13. The quantitative estimate of drug-likeness (QED) is 0.434. The topological polar surface area (TPSA) is 31.2 Å². The zero-order valence-electron chi connectivity index (χ0n) is 15.2. The monoisotopic (exact) mass is 433 g/mol. The lowest BCUT2D eigenvalue weighted by molar-refractivity contribution is -0.141. The molecule has 0 fully saturated rings. The first-order valence-corrected chi connectivity index (χ1v) is 10.1. The van der Waals surface area contributed by atoms with Gasteiger partial charge >= 0.3 is 5.97 Å². The fourth-order valence-corrected chi connectivity index (χ4v) is 4.68. The van der Waals surface area contributed by atoms with Crippen LogP contribution >= 0.6 is 34.8 Å². The van der Waals surface area contributed by atoms with Crippen molar-refractivity contribution in [2.75, 3.05) is 7.11 Å². The van der Waals surface area contributed by atoms with Gasteiger partial charge in [0.05, 0.1) is 23.6 Å². The van der Waals surface area contributed by atoms with Gasteiger partial charge in [-0.3, -0.25) is 4.79 Å². The molecule has 0 radical (unpaired) electrons. The molecular formula is C22H18Cl3NO2. The summed E-state index contributed by atoms with van der Waals surface area (Å²) in [6.07, 6.45) is 2.98. The number of fused-ring (bicyclic) bond motifs is 3. The smallest absolute Gasteiger partial charge is 0.306 e. The molecule has 0 N–H and O–H groups in total. The van der Waals surface area contributed by atoms with E-state index in [0.717, 1.165) is 22.5 Å². The average Bonchev–Trinajstić information content (AvgIpc) is 3.13. The molecule has 1 aromatic heterocycles. The molecule has 28 heavy (non-hydrogen) atoms. The van der Waals surface area contributed by atoms with Crippen LogP contribution in [0.15, 0.2) is 54.7 Å². The van der Waals surface area contributed by atoms with Crippen LogP contribution in [0.1, 0.15) is 41.5 Å². The fourth-order valence-electron chi connectivity index (χ4n) is 4.06. The zero-order valence-corrected chi connectivity index (χ0v) is 17.4. The molecule has 0 amide bonds. The Kier molecular flexibility index (Phi) is 5.42. The molecular weight excluding hydrogens is 417 g/mol. The summed E-state index contributed by atoms with van der Waals surface area (Å²) in [4.78, 5) is 12.1. The lowest BCUT2D eigenvalue weighted by atomic mass is 9.82. The van der Waals surface area contributed by atoms with Crippen LogP contribution in [0.3, 0.4) is 0 Å². The average molecular weight is 435 g/mol. The van der Waals surface area contributed by atoms with E-state index in [2.05, 4.69) is 4.57 Å². The van der Waals surface area contributed by atoms with Crippen molar-refractivity contribution in [1.29, 1.82) is 0 Å². The number of benzene rings is 2. The molecule has 0 bridgehead atoms. The van der Waals surface area contributed by atoms with Crippen LogP contribution in [0.5, 0.6) is 0 Å². The summed E-state index contributed by atoms with van der Waals surface area (Å²) >= 11 is 19.3. The third-order valence-electron chi connectivity index (χ3n) is 5.34. The van der Waals surface area contributed by atoms with Gasteiger partial charge in [-0.05, 0) is 53.9 Å². The van der Waals surface area contributed by atoms with Crippen molar-refractivity contribution in [2.24, 2.45) is 0 Å². The van der Waals surface area contributed by atoms with Gasteiger partial charge in [-0.15, -0.1) is 0 Å². The van der Waals surface area contributed by atoms with Crippen LogP contribution in [0.25, 0.3) is 5.69 Å². The number of hydrogen-bond acceptors (Lipinski definition) is 2. The second kappa shape index (κ2) is 7.82. The molecule has 2 aromatic carbocycles. The van der Waals surface area contributed by atoms with Gasteiger partial charge < -0.3 is 9.30 Å². The van der Waals surface area contributed by atoms with Crippen LogP contribution in [-0.4, -0.2) is 17.6 Å². The molecule has 144 valence electrons. The number of rotatable bonds is 3. The maximum absolute atomic E-state index is 12.1. The Morgan fingerprint density at radius 1 is 1.11 bits per heavy atom.